The van der Waals surface area contributed by atoms with Crippen LogP contribution in [0.25, 0.3) is 10.8 Å². The SMILES string of the molecule is Cl.Clc1ccc(OCC2CCNCC2)c2ccccc12. The zero-order valence-corrected chi connectivity index (χ0v) is 12.8. The Balaban J connectivity index is 0.00000147. The van der Waals surface area contributed by atoms with Crippen LogP contribution in [-0.2, 0) is 0 Å². The number of halogens is 2. The van der Waals surface area contributed by atoms with Crippen LogP contribution in [0.4, 0.5) is 0 Å². The number of rotatable bonds is 3. The minimum Gasteiger partial charge on any atom is -0.493 e. The predicted octanol–water partition coefficient (Wildman–Crippen LogP) is 4.29. The highest BCUT2D eigenvalue weighted by Crippen LogP contribution is 2.31. The Bertz CT molecular complexity index is 567. The van der Waals surface area contributed by atoms with Gasteiger partial charge in [0.15, 0.2) is 0 Å². The third-order valence-corrected chi connectivity index (χ3v) is 4.09. The fourth-order valence-corrected chi connectivity index (χ4v) is 2.84. The molecule has 0 atom stereocenters. The zero-order valence-electron chi connectivity index (χ0n) is 11.3. The van der Waals surface area contributed by atoms with Crippen LogP contribution in [0.1, 0.15) is 12.8 Å². The molecule has 0 amide bonds. The van der Waals surface area contributed by atoms with E-state index in [0.29, 0.717) is 5.92 Å². The van der Waals surface area contributed by atoms with Crippen molar-refractivity contribution in [3.63, 3.8) is 0 Å². The standard InChI is InChI=1S/C16H18ClNO.ClH/c17-15-5-6-16(14-4-2-1-3-13(14)15)19-11-12-7-9-18-10-8-12;/h1-6,12,18H,7-11H2;1H. The molecule has 2 aromatic rings. The summed E-state index contributed by atoms with van der Waals surface area (Å²) in [5.74, 6) is 1.61. The van der Waals surface area contributed by atoms with E-state index in [4.69, 9.17) is 16.3 Å². The Morgan fingerprint density at radius 1 is 1.05 bits per heavy atom. The van der Waals surface area contributed by atoms with Gasteiger partial charge in [0, 0.05) is 15.8 Å². The van der Waals surface area contributed by atoms with Gasteiger partial charge in [-0.3, -0.25) is 0 Å². The Morgan fingerprint density at radius 3 is 2.50 bits per heavy atom. The molecule has 0 aromatic heterocycles. The molecular formula is C16H19Cl2NO. The molecule has 1 aliphatic rings. The molecule has 0 saturated carbocycles. The highest BCUT2D eigenvalue weighted by Gasteiger charge is 2.14. The summed E-state index contributed by atoms with van der Waals surface area (Å²) < 4.78 is 6.03. The monoisotopic (exact) mass is 311 g/mol. The Morgan fingerprint density at radius 2 is 1.75 bits per heavy atom. The summed E-state index contributed by atoms with van der Waals surface area (Å²) in [5.41, 5.74) is 0. The van der Waals surface area contributed by atoms with E-state index in [1.807, 2.05) is 30.3 Å². The molecule has 0 spiro atoms. The van der Waals surface area contributed by atoms with Gasteiger partial charge in [-0.05, 0) is 44.0 Å². The highest BCUT2D eigenvalue weighted by atomic mass is 35.5. The molecule has 0 unspecified atom stereocenters. The molecule has 1 fully saturated rings. The Kier molecular flexibility index (Phi) is 5.53. The summed E-state index contributed by atoms with van der Waals surface area (Å²) in [6.07, 6.45) is 2.40. The van der Waals surface area contributed by atoms with Gasteiger partial charge < -0.3 is 10.1 Å². The highest BCUT2D eigenvalue weighted by molar-refractivity contribution is 6.35. The summed E-state index contributed by atoms with van der Waals surface area (Å²) >= 11 is 6.21. The lowest BCUT2D eigenvalue weighted by Crippen LogP contribution is -2.30. The lowest BCUT2D eigenvalue weighted by atomic mass is 9.99. The molecule has 1 aliphatic heterocycles. The lowest BCUT2D eigenvalue weighted by Gasteiger charge is -2.23. The van der Waals surface area contributed by atoms with Crippen LogP contribution in [0.3, 0.4) is 0 Å². The maximum Gasteiger partial charge on any atom is 0.127 e. The molecule has 4 heteroatoms. The molecule has 0 aliphatic carbocycles. The summed E-state index contributed by atoms with van der Waals surface area (Å²) in [4.78, 5) is 0. The van der Waals surface area contributed by atoms with Crippen molar-refractivity contribution in [1.82, 2.24) is 5.32 Å². The molecule has 0 radical (unpaired) electrons. The molecule has 20 heavy (non-hydrogen) atoms. The summed E-state index contributed by atoms with van der Waals surface area (Å²) in [6, 6.07) is 12.0. The first-order chi connectivity index (χ1) is 9.34. The predicted molar refractivity (Wildman–Crippen MR) is 87.3 cm³/mol. The molecular weight excluding hydrogens is 293 g/mol. The second-order valence-corrected chi connectivity index (χ2v) is 5.50. The topological polar surface area (TPSA) is 21.3 Å². The fraction of sp³-hybridized carbons (Fsp3) is 0.375. The van der Waals surface area contributed by atoms with Crippen molar-refractivity contribution < 1.29 is 4.74 Å². The number of nitrogens with one attached hydrogen (secondary N) is 1. The van der Waals surface area contributed by atoms with Crippen molar-refractivity contribution in [1.29, 1.82) is 0 Å². The van der Waals surface area contributed by atoms with Crippen molar-refractivity contribution in [2.75, 3.05) is 19.7 Å². The summed E-state index contributed by atoms with van der Waals surface area (Å²) in [5, 5.41) is 6.32. The second-order valence-electron chi connectivity index (χ2n) is 5.10. The van der Waals surface area contributed by atoms with Gasteiger partial charge in [0.25, 0.3) is 0 Å². The maximum absolute atomic E-state index is 6.21. The Hall–Kier alpha value is -0.960. The van der Waals surface area contributed by atoms with Crippen LogP contribution in [0.5, 0.6) is 5.75 Å². The zero-order chi connectivity index (χ0) is 13.1. The molecule has 108 valence electrons. The van der Waals surface area contributed by atoms with Crippen molar-refractivity contribution in [2.24, 2.45) is 5.92 Å². The molecule has 0 bridgehead atoms. The van der Waals surface area contributed by atoms with E-state index in [-0.39, 0.29) is 12.4 Å². The molecule has 3 rings (SSSR count). The first-order valence-electron chi connectivity index (χ1n) is 6.85. The second kappa shape index (κ2) is 7.16. The lowest BCUT2D eigenvalue weighted by molar-refractivity contribution is 0.217. The van der Waals surface area contributed by atoms with Crippen molar-refractivity contribution >= 4 is 34.8 Å². The van der Waals surface area contributed by atoms with Crippen molar-refractivity contribution in [3.8, 4) is 5.75 Å². The third kappa shape index (κ3) is 3.38. The Labute approximate surface area is 130 Å². The number of fused-ring (bicyclic) bond motifs is 1. The van der Waals surface area contributed by atoms with E-state index >= 15 is 0 Å². The van der Waals surface area contributed by atoms with E-state index in [2.05, 4.69) is 11.4 Å². The van der Waals surface area contributed by atoms with Gasteiger partial charge in [-0.2, -0.15) is 0 Å². The van der Waals surface area contributed by atoms with E-state index < -0.39 is 0 Å². The molecule has 2 aromatic carbocycles. The van der Waals surface area contributed by atoms with Gasteiger partial charge >= 0.3 is 0 Å². The van der Waals surface area contributed by atoms with Gasteiger partial charge in [0.05, 0.1) is 6.61 Å². The third-order valence-electron chi connectivity index (χ3n) is 3.76. The number of hydrogen-bond acceptors (Lipinski definition) is 2. The first kappa shape index (κ1) is 15.4. The normalized spacial score (nSPS) is 15.8. The quantitative estimate of drug-likeness (QED) is 0.912. The van der Waals surface area contributed by atoms with E-state index in [0.717, 1.165) is 41.2 Å². The van der Waals surface area contributed by atoms with Crippen molar-refractivity contribution in [2.45, 2.75) is 12.8 Å². The van der Waals surface area contributed by atoms with Gasteiger partial charge in [-0.25, -0.2) is 0 Å². The van der Waals surface area contributed by atoms with Gasteiger partial charge in [-0.15, -0.1) is 12.4 Å². The average molecular weight is 312 g/mol. The fourth-order valence-electron chi connectivity index (χ4n) is 2.62. The molecule has 2 nitrogen and oxygen atoms in total. The first-order valence-corrected chi connectivity index (χ1v) is 7.23. The van der Waals surface area contributed by atoms with E-state index in [1.165, 1.54) is 12.8 Å². The van der Waals surface area contributed by atoms with E-state index in [1.54, 1.807) is 0 Å². The van der Waals surface area contributed by atoms with Crippen molar-refractivity contribution in [3.05, 3.63) is 41.4 Å². The number of piperidine rings is 1. The molecule has 1 saturated heterocycles. The number of benzene rings is 2. The van der Waals surface area contributed by atoms with Crippen LogP contribution in [-0.4, -0.2) is 19.7 Å². The number of hydrogen-bond donors (Lipinski definition) is 1. The van der Waals surface area contributed by atoms with E-state index in [9.17, 15) is 0 Å². The molecule has 1 N–H and O–H groups in total. The number of ether oxygens (including phenoxy) is 1. The van der Waals surface area contributed by atoms with Gasteiger partial charge in [0.2, 0.25) is 0 Å². The smallest absolute Gasteiger partial charge is 0.127 e. The maximum atomic E-state index is 6.21. The minimum absolute atomic E-state index is 0. The average Bonchev–Trinajstić information content (AvgIpc) is 2.48. The molecule has 1 heterocycles. The van der Waals surface area contributed by atoms with Gasteiger partial charge in [0.1, 0.15) is 5.75 Å². The summed E-state index contributed by atoms with van der Waals surface area (Å²) in [6.45, 7) is 3.01. The summed E-state index contributed by atoms with van der Waals surface area (Å²) in [7, 11) is 0. The van der Waals surface area contributed by atoms with Crippen LogP contribution < -0.4 is 10.1 Å². The van der Waals surface area contributed by atoms with Crippen LogP contribution in [0, 0.1) is 5.92 Å². The van der Waals surface area contributed by atoms with Crippen LogP contribution in [0.15, 0.2) is 36.4 Å². The van der Waals surface area contributed by atoms with Gasteiger partial charge in [-0.1, -0.05) is 35.9 Å². The largest absolute Gasteiger partial charge is 0.493 e. The van der Waals surface area contributed by atoms with Crippen LogP contribution >= 0.6 is 24.0 Å². The van der Waals surface area contributed by atoms with Crippen LogP contribution in [0.2, 0.25) is 5.02 Å². The minimum atomic E-state index is 0.